The van der Waals surface area contributed by atoms with Crippen LogP contribution in [0.1, 0.15) is 18.3 Å². The minimum absolute atomic E-state index is 0.0529. The number of hydrogen-bond donors (Lipinski definition) is 0. The summed E-state index contributed by atoms with van der Waals surface area (Å²) in [5.41, 5.74) is 1.59. The molecule has 0 fully saturated rings. The van der Waals surface area contributed by atoms with Gasteiger partial charge in [-0.1, -0.05) is 6.92 Å². The van der Waals surface area contributed by atoms with Crippen molar-refractivity contribution in [2.75, 3.05) is 0 Å². The molecular formula is C13H13ClN2O3S. The molecule has 0 aromatic carbocycles. The van der Waals surface area contributed by atoms with E-state index in [1.165, 1.54) is 18.3 Å². The van der Waals surface area contributed by atoms with Crippen LogP contribution in [0, 0.1) is 6.92 Å². The summed E-state index contributed by atoms with van der Waals surface area (Å²) in [5, 5.41) is 0. The first kappa shape index (κ1) is 14.7. The van der Waals surface area contributed by atoms with Gasteiger partial charge in [-0.2, -0.15) is 0 Å². The molecule has 0 aliphatic carbocycles. The lowest BCUT2D eigenvalue weighted by molar-refractivity contribution is 0.439. The zero-order chi connectivity index (χ0) is 14.8. The molecule has 106 valence electrons. The van der Waals surface area contributed by atoms with E-state index in [-0.39, 0.29) is 10.8 Å². The minimum Gasteiger partial charge on any atom is -0.436 e. The van der Waals surface area contributed by atoms with Crippen LogP contribution in [0.2, 0.25) is 0 Å². The highest BCUT2D eigenvalue weighted by molar-refractivity contribution is 8.13. The fourth-order valence-electron chi connectivity index (χ4n) is 1.69. The lowest BCUT2D eigenvalue weighted by atomic mass is 10.2. The molecule has 0 saturated heterocycles. The van der Waals surface area contributed by atoms with Gasteiger partial charge in [0.15, 0.2) is 5.75 Å². The fraction of sp³-hybridized carbons (Fsp3) is 0.231. The summed E-state index contributed by atoms with van der Waals surface area (Å²) >= 11 is 0. The first-order chi connectivity index (χ1) is 9.41. The van der Waals surface area contributed by atoms with Crippen LogP contribution in [0.4, 0.5) is 0 Å². The van der Waals surface area contributed by atoms with E-state index in [4.69, 9.17) is 15.4 Å². The fourth-order valence-corrected chi connectivity index (χ4v) is 2.58. The number of aromatic nitrogens is 2. The van der Waals surface area contributed by atoms with Gasteiger partial charge in [0.1, 0.15) is 4.90 Å². The molecule has 7 heteroatoms. The van der Waals surface area contributed by atoms with Crippen molar-refractivity contribution < 1.29 is 13.2 Å². The van der Waals surface area contributed by atoms with Crippen LogP contribution in [0.25, 0.3) is 0 Å². The Morgan fingerprint density at radius 3 is 2.70 bits per heavy atom. The summed E-state index contributed by atoms with van der Waals surface area (Å²) in [7, 11) is 1.45. The number of halogens is 1. The summed E-state index contributed by atoms with van der Waals surface area (Å²) in [6.45, 7) is 3.81. The summed E-state index contributed by atoms with van der Waals surface area (Å²) in [4.78, 5) is 8.11. The maximum absolute atomic E-state index is 11.5. The van der Waals surface area contributed by atoms with Gasteiger partial charge in [-0.15, -0.1) is 0 Å². The highest BCUT2D eigenvalue weighted by Gasteiger charge is 2.19. The van der Waals surface area contributed by atoms with Crippen molar-refractivity contribution in [3.8, 4) is 11.6 Å². The molecule has 2 aromatic heterocycles. The predicted octanol–water partition coefficient (Wildman–Crippen LogP) is 3.07. The van der Waals surface area contributed by atoms with Gasteiger partial charge < -0.3 is 4.74 Å². The third-order valence-electron chi connectivity index (χ3n) is 2.61. The molecule has 0 bridgehead atoms. The number of rotatable bonds is 4. The Labute approximate surface area is 122 Å². The maximum Gasteiger partial charge on any atom is 0.266 e. The van der Waals surface area contributed by atoms with Crippen LogP contribution < -0.4 is 4.74 Å². The summed E-state index contributed by atoms with van der Waals surface area (Å²) in [6.07, 6.45) is 2.10. The lowest BCUT2D eigenvalue weighted by Crippen LogP contribution is -2.01. The van der Waals surface area contributed by atoms with Crippen molar-refractivity contribution in [3.05, 3.63) is 41.9 Å². The predicted molar refractivity (Wildman–Crippen MR) is 75.7 cm³/mol. The molecule has 2 aromatic rings. The van der Waals surface area contributed by atoms with E-state index in [0.717, 1.165) is 11.4 Å². The number of pyridine rings is 2. The van der Waals surface area contributed by atoms with E-state index in [1.807, 2.05) is 13.8 Å². The van der Waals surface area contributed by atoms with E-state index < -0.39 is 9.05 Å². The van der Waals surface area contributed by atoms with Crippen LogP contribution in [0.5, 0.6) is 11.6 Å². The van der Waals surface area contributed by atoms with E-state index in [2.05, 4.69) is 9.97 Å². The number of ether oxygens (including phenoxy) is 1. The molecule has 20 heavy (non-hydrogen) atoms. The van der Waals surface area contributed by atoms with Gasteiger partial charge in [0.2, 0.25) is 5.88 Å². The minimum atomic E-state index is -3.92. The molecule has 0 N–H and O–H groups in total. The van der Waals surface area contributed by atoms with E-state index in [1.54, 1.807) is 12.1 Å². The van der Waals surface area contributed by atoms with Crippen LogP contribution in [0.15, 0.2) is 35.4 Å². The zero-order valence-electron chi connectivity index (χ0n) is 11.0. The van der Waals surface area contributed by atoms with E-state index in [9.17, 15) is 8.42 Å². The van der Waals surface area contributed by atoms with Gasteiger partial charge in [-0.3, -0.25) is 4.98 Å². The topological polar surface area (TPSA) is 69.2 Å². The molecule has 0 saturated carbocycles. The van der Waals surface area contributed by atoms with Crippen molar-refractivity contribution in [2.45, 2.75) is 25.2 Å². The highest BCUT2D eigenvalue weighted by Crippen LogP contribution is 2.30. The van der Waals surface area contributed by atoms with Crippen LogP contribution >= 0.6 is 10.7 Å². The van der Waals surface area contributed by atoms with Crippen molar-refractivity contribution in [3.63, 3.8) is 0 Å². The van der Waals surface area contributed by atoms with Gasteiger partial charge >= 0.3 is 0 Å². The number of aryl methyl sites for hydroxylation is 2. The first-order valence-electron chi connectivity index (χ1n) is 5.96. The molecular weight excluding hydrogens is 300 g/mol. The van der Waals surface area contributed by atoms with Crippen molar-refractivity contribution in [1.82, 2.24) is 9.97 Å². The zero-order valence-corrected chi connectivity index (χ0v) is 12.6. The average molecular weight is 313 g/mol. The van der Waals surface area contributed by atoms with Crippen LogP contribution in [0.3, 0.4) is 0 Å². The van der Waals surface area contributed by atoms with E-state index >= 15 is 0 Å². The van der Waals surface area contributed by atoms with Gasteiger partial charge in [0, 0.05) is 22.6 Å². The van der Waals surface area contributed by atoms with Gasteiger partial charge in [-0.25, -0.2) is 13.4 Å². The third-order valence-corrected chi connectivity index (χ3v) is 3.95. The Morgan fingerprint density at radius 1 is 1.30 bits per heavy atom. The monoisotopic (exact) mass is 312 g/mol. The third kappa shape index (κ3) is 3.26. The molecule has 0 atom stereocenters. The molecule has 2 heterocycles. The second-order valence-electron chi connectivity index (χ2n) is 4.10. The van der Waals surface area contributed by atoms with Crippen LogP contribution in [-0.2, 0) is 15.5 Å². The molecule has 0 unspecified atom stereocenters. The molecule has 2 rings (SSSR count). The molecule has 0 aliphatic rings. The quantitative estimate of drug-likeness (QED) is 0.811. The lowest BCUT2D eigenvalue weighted by Gasteiger charge is -2.11. The Bertz CT molecular complexity index is 732. The van der Waals surface area contributed by atoms with Gasteiger partial charge in [0.05, 0.1) is 5.69 Å². The second-order valence-corrected chi connectivity index (χ2v) is 6.63. The Balaban J connectivity index is 2.46. The summed E-state index contributed by atoms with van der Waals surface area (Å²) < 4.78 is 28.5. The van der Waals surface area contributed by atoms with E-state index in [0.29, 0.717) is 12.2 Å². The number of nitrogens with zero attached hydrogens (tertiary/aromatic N) is 2. The Kier molecular flexibility index (Phi) is 4.25. The normalized spacial score (nSPS) is 11.3. The van der Waals surface area contributed by atoms with Crippen molar-refractivity contribution in [1.29, 1.82) is 0 Å². The largest absolute Gasteiger partial charge is 0.436 e. The van der Waals surface area contributed by atoms with Gasteiger partial charge in [-0.05, 0) is 37.6 Å². The number of hydrogen-bond acceptors (Lipinski definition) is 5. The van der Waals surface area contributed by atoms with Gasteiger partial charge in [0.25, 0.3) is 9.05 Å². The molecule has 0 spiro atoms. The maximum atomic E-state index is 11.5. The second kappa shape index (κ2) is 5.76. The van der Waals surface area contributed by atoms with Crippen molar-refractivity contribution in [2.24, 2.45) is 0 Å². The summed E-state index contributed by atoms with van der Waals surface area (Å²) in [6, 6.07) is 6.35. The Morgan fingerprint density at radius 2 is 2.05 bits per heavy atom. The smallest absolute Gasteiger partial charge is 0.266 e. The highest BCUT2D eigenvalue weighted by atomic mass is 35.7. The first-order valence-corrected chi connectivity index (χ1v) is 8.27. The summed E-state index contributed by atoms with van der Waals surface area (Å²) in [5.74, 6) is 0.418. The molecule has 0 aliphatic heterocycles. The average Bonchev–Trinajstić information content (AvgIpc) is 2.40. The van der Waals surface area contributed by atoms with Crippen LogP contribution in [-0.4, -0.2) is 18.4 Å². The SMILES string of the molecule is CCc1nc(C)ccc1Oc1ncccc1S(=O)(=O)Cl. The molecule has 0 radical (unpaired) electrons. The molecule has 5 nitrogen and oxygen atoms in total. The molecule has 0 amide bonds. The standard InChI is InChI=1S/C13H13ClN2O3S/c1-3-10-11(7-6-9(2)16-10)19-13-12(20(14,17)18)5-4-8-15-13/h4-8H,3H2,1-2H3. The Hall–Kier alpha value is -1.66. The van der Waals surface area contributed by atoms with Crippen molar-refractivity contribution >= 4 is 19.7 Å².